The van der Waals surface area contributed by atoms with Crippen LogP contribution in [0.25, 0.3) is 0 Å². The zero-order valence-electron chi connectivity index (χ0n) is 10.3. The molecule has 0 radical (unpaired) electrons. The van der Waals surface area contributed by atoms with Crippen LogP contribution < -0.4 is 4.74 Å². The summed E-state index contributed by atoms with van der Waals surface area (Å²) in [6.45, 7) is 0. The van der Waals surface area contributed by atoms with Gasteiger partial charge in [0.05, 0.1) is 19.1 Å². The summed E-state index contributed by atoms with van der Waals surface area (Å²) in [5.41, 5.74) is -0.770. The van der Waals surface area contributed by atoms with Crippen molar-refractivity contribution in [2.45, 2.75) is 30.9 Å². The Labute approximate surface area is 108 Å². The number of carboxylic acid groups (broad SMARTS) is 1. The van der Waals surface area contributed by atoms with Crippen LogP contribution in [0.3, 0.4) is 0 Å². The molecular formula is C13H13F3O3. The van der Waals surface area contributed by atoms with Crippen LogP contribution in [0.15, 0.2) is 18.2 Å². The smallest absolute Gasteiger partial charge is 0.419 e. The van der Waals surface area contributed by atoms with E-state index >= 15 is 0 Å². The van der Waals surface area contributed by atoms with Crippen molar-refractivity contribution in [1.29, 1.82) is 0 Å². The fourth-order valence-electron chi connectivity index (χ4n) is 2.26. The first-order chi connectivity index (χ1) is 8.78. The van der Waals surface area contributed by atoms with E-state index in [2.05, 4.69) is 0 Å². The molecule has 1 aromatic carbocycles. The van der Waals surface area contributed by atoms with Gasteiger partial charge < -0.3 is 9.84 Å². The van der Waals surface area contributed by atoms with Gasteiger partial charge in [-0.15, -0.1) is 0 Å². The van der Waals surface area contributed by atoms with E-state index in [0.29, 0.717) is 18.4 Å². The molecule has 1 aliphatic rings. The Morgan fingerprint density at radius 3 is 2.47 bits per heavy atom. The molecule has 0 heterocycles. The minimum absolute atomic E-state index is 0.0679. The van der Waals surface area contributed by atoms with Gasteiger partial charge in [0.15, 0.2) is 0 Å². The zero-order chi connectivity index (χ0) is 14.3. The van der Waals surface area contributed by atoms with Gasteiger partial charge in [-0.05, 0) is 30.5 Å². The summed E-state index contributed by atoms with van der Waals surface area (Å²) in [4.78, 5) is 10.8. The van der Waals surface area contributed by atoms with Gasteiger partial charge in [-0.1, -0.05) is 6.07 Å². The molecule has 1 N–H and O–H groups in total. The lowest BCUT2D eigenvalue weighted by atomic mass is 9.91. The second-order valence-corrected chi connectivity index (χ2v) is 4.76. The molecule has 19 heavy (non-hydrogen) atoms. The topological polar surface area (TPSA) is 46.5 Å². The number of carboxylic acids is 1. The van der Waals surface area contributed by atoms with Crippen molar-refractivity contribution < 1.29 is 27.8 Å². The Morgan fingerprint density at radius 2 is 2.05 bits per heavy atom. The van der Waals surface area contributed by atoms with Gasteiger partial charge in [0.2, 0.25) is 0 Å². The highest BCUT2D eigenvalue weighted by Crippen LogP contribution is 2.52. The van der Waals surface area contributed by atoms with Gasteiger partial charge in [-0.25, -0.2) is 0 Å². The fraction of sp³-hybridized carbons (Fsp3) is 0.462. The number of halogens is 3. The quantitative estimate of drug-likeness (QED) is 0.917. The molecule has 104 valence electrons. The van der Waals surface area contributed by atoms with Crippen molar-refractivity contribution in [3.05, 3.63) is 29.3 Å². The number of carbonyl (C=O) groups is 1. The normalized spacial score (nSPS) is 17.1. The second kappa shape index (κ2) is 4.43. The molecule has 1 fully saturated rings. The predicted octanol–water partition coefficient (Wildman–Crippen LogP) is 3.22. The van der Waals surface area contributed by atoms with Gasteiger partial charge in [-0.3, -0.25) is 4.79 Å². The Morgan fingerprint density at radius 1 is 1.42 bits per heavy atom. The summed E-state index contributed by atoms with van der Waals surface area (Å²) in [5.74, 6) is -1.21. The largest absolute Gasteiger partial charge is 0.496 e. The Balaban J connectivity index is 2.38. The van der Waals surface area contributed by atoms with E-state index in [9.17, 15) is 18.0 Å². The highest BCUT2D eigenvalue weighted by Gasteiger charge is 2.47. The molecule has 6 heteroatoms. The number of methoxy groups -OCH3 is 1. The standard InChI is InChI=1S/C13H13F3O3/c1-19-10-6-8(2-3-9(10)13(14,15)16)12(4-5-12)7-11(17)18/h2-3,6H,4-5,7H2,1H3,(H,17,18). The van der Waals surface area contributed by atoms with Gasteiger partial charge in [0.25, 0.3) is 0 Å². The van der Waals surface area contributed by atoms with Crippen molar-refractivity contribution in [2.75, 3.05) is 7.11 Å². The second-order valence-electron chi connectivity index (χ2n) is 4.76. The van der Waals surface area contributed by atoms with E-state index in [0.717, 1.165) is 6.07 Å². The highest BCUT2D eigenvalue weighted by molar-refractivity contribution is 5.70. The Hall–Kier alpha value is -1.72. The molecule has 0 aromatic heterocycles. The molecule has 3 nitrogen and oxygen atoms in total. The molecule has 1 saturated carbocycles. The fourth-order valence-corrected chi connectivity index (χ4v) is 2.26. The number of hydrogen-bond acceptors (Lipinski definition) is 2. The molecule has 0 amide bonds. The first-order valence-electron chi connectivity index (χ1n) is 5.76. The van der Waals surface area contributed by atoms with Crippen LogP contribution in [0.5, 0.6) is 5.75 Å². The van der Waals surface area contributed by atoms with Crippen LogP contribution in [0, 0.1) is 0 Å². The number of benzene rings is 1. The molecule has 0 aliphatic heterocycles. The molecule has 1 aromatic rings. The van der Waals surface area contributed by atoms with E-state index in [-0.39, 0.29) is 12.2 Å². The van der Waals surface area contributed by atoms with E-state index in [4.69, 9.17) is 9.84 Å². The minimum Gasteiger partial charge on any atom is -0.496 e. The molecule has 1 aliphatic carbocycles. The van der Waals surface area contributed by atoms with Crippen LogP contribution in [-0.4, -0.2) is 18.2 Å². The van der Waals surface area contributed by atoms with Crippen molar-refractivity contribution in [3.63, 3.8) is 0 Å². The number of rotatable bonds is 4. The Bertz CT molecular complexity index is 504. The summed E-state index contributed by atoms with van der Waals surface area (Å²) in [6.07, 6.45) is -3.20. The van der Waals surface area contributed by atoms with E-state index in [1.807, 2.05) is 0 Å². The molecule has 0 unspecified atom stereocenters. The molecular weight excluding hydrogens is 261 g/mol. The highest BCUT2D eigenvalue weighted by atomic mass is 19.4. The molecule has 0 atom stereocenters. The molecule has 0 spiro atoms. The van der Waals surface area contributed by atoms with E-state index in [1.165, 1.54) is 19.2 Å². The van der Waals surface area contributed by atoms with Crippen LogP contribution in [0.2, 0.25) is 0 Å². The average molecular weight is 274 g/mol. The lowest BCUT2D eigenvalue weighted by molar-refractivity contribution is -0.139. The van der Waals surface area contributed by atoms with E-state index in [1.54, 1.807) is 0 Å². The number of hydrogen-bond donors (Lipinski definition) is 1. The first-order valence-corrected chi connectivity index (χ1v) is 5.76. The Kier molecular flexibility index (Phi) is 3.20. The van der Waals surface area contributed by atoms with Crippen molar-refractivity contribution >= 4 is 5.97 Å². The summed E-state index contributed by atoms with van der Waals surface area (Å²) in [7, 11) is 1.17. The zero-order valence-corrected chi connectivity index (χ0v) is 10.3. The average Bonchev–Trinajstić information content (AvgIpc) is 3.07. The third kappa shape index (κ3) is 2.67. The first kappa shape index (κ1) is 13.7. The molecule has 2 rings (SSSR count). The maximum absolute atomic E-state index is 12.7. The van der Waals surface area contributed by atoms with Gasteiger partial charge in [0.1, 0.15) is 5.75 Å². The van der Waals surface area contributed by atoms with Crippen LogP contribution in [0.1, 0.15) is 30.4 Å². The summed E-state index contributed by atoms with van der Waals surface area (Å²) < 4.78 is 42.9. The third-order valence-corrected chi connectivity index (χ3v) is 3.46. The number of ether oxygens (including phenoxy) is 1. The third-order valence-electron chi connectivity index (χ3n) is 3.46. The lowest BCUT2D eigenvalue weighted by Gasteiger charge is -2.17. The van der Waals surface area contributed by atoms with Gasteiger partial charge >= 0.3 is 12.1 Å². The molecule has 0 saturated heterocycles. The van der Waals surface area contributed by atoms with Crippen LogP contribution in [-0.2, 0) is 16.4 Å². The number of aliphatic carboxylic acids is 1. The SMILES string of the molecule is COc1cc(C2(CC(=O)O)CC2)ccc1C(F)(F)F. The summed E-state index contributed by atoms with van der Waals surface area (Å²) >= 11 is 0. The van der Waals surface area contributed by atoms with Crippen molar-refractivity contribution in [1.82, 2.24) is 0 Å². The monoisotopic (exact) mass is 274 g/mol. The number of alkyl halides is 3. The summed E-state index contributed by atoms with van der Waals surface area (Å²) in [6, 6.07) is 3.61. The predicted molar refractivity (Wildman–Crippen MR) is 61.2 cm³/mol. The lowest BCUT2D eigenvalue weighted by Crippen LogP contribution is -2.14. The van der Waals surface area contributed by atoms with Crippen molar-refractivity contribution in [3.8, 4) is 5.75 Å². The summed E-state index contributed by atoms with van der Waals surface area (Å²) in [5, 5.41) is 8.85. The van der Waals surface area contributed by atoms with E-state index < -0.39 is 23.1 Å². The maximum atomic E-state index is 12.7. The maximum Gasteiger partial charge on any atom is 0.419 e. The van der Waals surface area contributed by atoms with Gasteiger partial charge in [0, 0.05) is 5.41 Å². The molecule has 0 bridgehead atoms. The minimum atomic E-state index is -4.48. The van der Waals surface area contributed by atoms with Gasteiger partial charge in [-0.2, -0.15) is 13.2 Å². The van der Waals surface area contributed by atoms with Crippen LogP contribution >= 0.6 is 0 Å². The van der Waals surface area contributed by atoms with Crippen molar-refractivity contribution in [2.24, 2.45) is 0 Å². The van der Waals surface area contributed by atoms with Crippen LogP contribution in [0.4, 0.5) is 13.2 Å².